The van der Waals surface area contributed by atoms with E-state index in [1.165, 1.54) is 13.2 Å². The number of benzene rings is 1. The van der Waals surface area contributed by atoms with Gasteiger partial charge in [0.05, 0.1) is 13.0 Å². The molecule has 0 heterocycles. The molecule has 0 spiro atoms. The molecule has 1 saturated carbocycles. The van der Waals surface area contributed by atoms with E-state index in [1.807, 2.05) is 0 Å². The van der Waals surface area contributed by atoms with Crippen LogP contribution in [0, 0.1) is 11.6 Å². The fourth-order valence-corrected chi connectivity index (χ4v) is 2.52. The first-order valence-electron chi connectivity index (χ1n) is 5.79. The van der Waals surface area contributed by atoms with E-state index in [4.69, 9.17) is 21.4 Å². The molecular weight excluding hydrogens is 278 g/mol. The van der Waals surface area contributed by atoms with Crippen LogP contribution in [-0.4, -0.2) is 18.2 Å². The molecule has 2 rings (SSSR count). The van der Waals surface area contributed by atoms with Crippen molar-refractivity contribution in [1.29, 1.82) is 0 Å². The van der Waals surface area contributed by atoms with Crippen LogP contribution in [0.2, 0.25) is 5.02 Å². The third-order valence-corrected chi connectivity index (χ3v) is 3.79. The van der Waals surface area contributed by atoms with Crippen LogP contribution in [0.15, 0.2) is 6.07 Å². The molecule has 1 aromatic carbocycles. The van der Waals surface area contributed by atoms with Crippen molar-refractivity contribution in [3.05, 3.63) is 33.9 Å². The van der Waals surface area contributed by atoms with Gasteiger partial charge in [0.2, 0.25) is 0 Å². The average molecular weight is 291 g/mol. The number of carboxylic acids is 1. The number of hydrogen-bond acceptors (Lipinski definition) is 2. The molecule has 0 atom stereocenters. The Bertz CT molecular complexity index is 527. The fourth-order valence-electron chi connectivity index (χ4n) is 2.28. The van der Waals surface area contributed by atoms with Crippen molar-refractivity contribution in [2.24, 2.45) is 0 Å². The number of aliphatic carboxylic acids is 1. The maximum absolute atomic E-state index is 14.1. The van der Waals surface area contributed by atoms with E-state index in [0.717, 1.165) is 0 Å². The first-order valence-corrected chi connectivity index (χ1v) is 6.16. The summed E-state index contributed by atoms with van der Waals surface area (Å²) in [4.78, 5) is 10.8. The molecule has 0 radical (unpaired) electrons. The van der Waals surface area contributed by atoms with Crippen LogP contribution in [0.25, 0.3) is 0 Å². The summed E-state index contributed by atoms with van der Waals surface area (Å²) in [5.74, 6) is -3.11. The topological polar surface area (TPSA) is 46.5 Å². The molecule has 1 aliphatic rings. The Kier molecular flexibility index (Phi) is 3.78. The zero-order valence-corrected chi connectivity index (χ0v) is 11.1. The van der Waals surface area contributed by atoms with Crippen molar-refractivity contribution in [2.45, 2.75) is 31.3 Å². The first-order chi connectivity index (χ1) is 8.91. The van der Waals surface area contributed by atoms with E-state index in [1.54, 1.807) is 0 Å². The van der Waals surface area contributed by atoms with Gasteiger partial charge in [0.15, 0.2) is 11.6 Å². The van der Waals surface area contributed by atoms with Crippen molar-refractivity contribution in [2.75, 3.05) is 7.11 Å². The number of rotatable bonds is 5. The van der Waals surface area contributed by atoms with Crippen LogP contribution < -0.4 is 0 Å². The zero-order chi connectivity index (χ0) is 14.2. The SMILES string of the molecule is COCc1c(Cl)cc(C2(CC(=O)O)CC2)c(F)c1F. The number of carboxylic acid groups (broad SMARTS) is 1. The van der Waals surface area contributed by atoms with Crippen LogP contribution >= 0.6 is 11.6 Å². The molecule has 3 nitrogen and oxygen atoms in total. The minimum atomic E-state index is -1.05. The van der Waals surface area contributed by atoms with Gasteiger partial charge in [0, 0.05) is 23.1 Å². The van der Waals surface area contributed by atoms with Crippen LogP contribution in [0.1, 0.15) is 30.4 Å². The summed E-state index contributed by atoms with van der Waals surface area (Å²) in [5, 5.41) is 8.91. The van der Waals surface area contributed by atoms with Crippen molar-refractivity contribution in [3.8, 4) is 0 Å². The lowest BCUT2D eigenvalue weighted by Crippen LogP contribution is -2.16. The lowest BCUT2D eigenvalue weighted by molar-refractivity contribution is -0.137. The van der Waals surface area contributed by atoms with E-state index in [2.05, 4.69) is 0 Å². The van der Waals surface area contributed by atoms with Crippen LogP contribution in [0.4, 0.5) is 8.78 Å². The third-order valence-electron chi connectivity index (χ3n) is 3.46. The first kappa shape index (κ1) is 14.2. The summed E-state index contributed by atoms with van der Waals surface area (Å²) in [7, 11) is 1.36. The highest BCUT2D eigenvalue weighted by atomic mass is 35.5. The van der Waals surface area contributed by atoms with Gasteiger partial charge in [-0.15, -0.1) is 0 Å². The molecule has 0 aromatic heterocycles. The summed E-state index contributed by atoms with van der Waals surface area (Å²) in [5.41, 5.74) is -0.805. The number of methoxy groups -OCH3 is 1. The largest absolute Gasteiger partial charge is 0.481 e. The molecule has 104 valence electrons. The predicted molar refractivity (Wildman–Crippen MR) is 65.2 cm³/mol. The minimum absolute atomic E-state index is 0.0449. The summed E-state index contributed by atoms with van der Waals surface area (Å²) in [6.07, 6.45) is 0.828. The number of halogens is 3. The Labute approximate surface area is 114 Å². The molecule has 1 N–H and O–H groups in total. The quantitative estimate of drug-likeness (QED) is 0.847. The Balaban J connectivity index is 2.46. The highest BCUT2D eigenvalue weighted by Gasteiger charge is 2.48. The maximum atomic E-state index is 14.1. The average Bonchev–Trinajstić information content (AvgIpc) is 3.09. The van der Waals surface area contributed by atoms with Crippen molar-refractivity contribution in [1.82, 2.24) is 0 Å². The van der Waals surface area contributed by atoms with Crippen molar-refractivity contribution in [3.63, 3.8) is 0 Å². The standard InChI is InChI=1S/C13H13ClF2O3/c1-19-6-7-9(14)4-8(12(16)11(7)15)13(2-3-13)5-10(17)18/h4H,2-3,5-6H2,1H3,(H,17,18). The van der Waals surface area contributed by atoms with Gasteiger partial charge in [-0.3, -0.25) is 4.79 Å². The molecule has 1 fully saturated rings. The summed E-state index contributed by atoms with van der Waals surface area (Å²) in [6, 6.07) is 1.32. The monoisotopic (exact) mass is 290 g/mol. The third kappa shape index (κ3) is 2.58. The van der Waals surface area contributed by atoms with E-state index in [-0.39, 0.29) is 29.2 Å². The molecule has 0 unspecified atom stereocenters. The number of hydrogen-bond donors (Lipinski definition) is 1. The van der Waals surface area contributed by atoms with Gasteiger partial charge in [-0.2, -0.15) is 0 Å². The highest BCUT2D eigenvalue weighted by Crippen LogP contribution is 2.52. The fraction of sp³-hybridized carbons (Fsp3) is 0.462. The van der Waals surface area contributed by atoms with Crippen LogP contribution in [0.5, 0.6) is 0 Å². The molecule has 1 aliphatic carbocycles. The van der Waals surface area contributed by atoms with Gasteiger partial charge in [-0.1, -0.05) is 11.6 Å². The maximum Gasteiger partial charge on any atom is 0.304 e. The molecule has 19 heavy (non-hydrogen) atoms. The van der Waals surface area contributed by atoms with E-state index < -0.39 is 23.0 Å². The van der Waals surface area contributed by atoms with Gasteiger partial charge in [-0.25, -0.2) is 8.78 Å². The second kappa shape index (κ2) is 5.06. The molecule has 6 heteroatoms. The second-order valence-corrected chi connectivity index (χ2v) is 5.20. The molecule has 0 saturated heterocycles. The van der Waals surface area contributed by atoms with E-state index in [0.29, 0.717) is 12.8 Å². The summed E-state index contributed by atoms with van der Waals surface area (Å²) in [6.45, 7) is -0.131. The smallest absolute Gasteiger partial charge is 0.304 e. The van der Waals surface area contributed by atoms with E-state index in [9.17, 15) is 13.6 Å². The van der Waals surface area contributed by atoms with Gasteiger partial charge < -0.3 is 9.84 Å². The lowest BCUT2D eigenvalue weighted by Gasteiger charge is -2.17. The summed E-state index contributed by atoms with van der Waals surface area (Å²) >= 11 is 5.92. The van der Waals surface area contributed by atoms with Crippen molar-refractivity contribution < 1.29 is 23.4 Å². The Morgan fingerprint density at radius 3 is 2.58 bits per heavy atom. The van der Waals surface area contributed by atoms with Gasteiger partial charge >= 0.3 is 5.97 Å². The molecular formula is C13H13ClF2O3. The van der Waals surface area contributed by atoms with Gasteiger partial charge in [0.25, 0.3) is 0 Å². The normalized spacial score (nSPS) is 16.4. The molecule has 0 aliphatic heterocycles. The predicted octanol–water partition coefficient (Wildman–Crippen LogP) is 3.27. The highest BCUT2D eigenvalue weighted by molar-refractivity contribution is 6.31. The zero-order valence-electron chi connectivity index (χ0n) is 10.3. The van der Waals surface area contributed by atoms with Gasteiger partial charge in [-0.05, 0) is 24.5 Å². The van der Waals surface area contributed by atoms with E-state index >= 15 is 0 Å². The molecule has 1 aromatic rings. The number of ether oxygens (including phenoxy) is 1. The van der Waals surface area contributed by atoms with Crippen molar-refractivity contribution >= 4 is 17.6 Å². The molecule has 0 bridgehead atoms. The lowest BCUT2D eigenvalue weighted by atomic mass is 9.91. The minimum Gasteiger partial charge on any atom is -0.481 e. The second-order valence-electron chi connectivity index (χ2n) is 4.80. The Morgan fingerprint density at radius 1 is 1.47 bits per heavy atom. The van der Waals surface area contributed by atoms with Crippen LogP contribution in [-0.2, 0) is 21.6 Å². The van der Waals surface area contributed by atoms with Gasteiger partial charge in [0.1, 0.15) is 0 Å². The van der Waals surface area contributed by atoms with Crippen LogP contribution in [0.3, 0.4) is 0 Å². The summed E-state index contributed by atoms with van der Waals surface area (Å²) < 4.78 is 32.8. The Hall–Kier alpha value is -1.20. The Morgan fingerprint density at radius 2 is 2.11 bits per heavy atom. The number of carbonyl (C=O) groups is 1. The molecule has 0 amide bonds.